The number of fused-ring (bicyclic) bond motifs is 2. The molecule has 6 rings (SSSR count). The third-order valence-electron chi connectivity index (χ3n) is 6.73. The van der Waals surface area contributed by atoms with Gasteiger partial charge in [0.1, 0.15) is 23.2 Å². The van der Waals surface area contributed by atoms with Crippen molar-refractivity contribution in [2.24, 2.45) is 0 Å². The van der Waals surface area contributed by atoms with E-state index < -0.39 is 23.6 Å². The predicted octanol–water partition coefficient (Wildman–Crippen LogP) is 5.92. The first-order valence-corrected chi connectivity index (χ1v) is 12.9. The summed E-state index contributed by atoms with van der Waals surface area (Å²) in [5.74, 6) is -1.04. The number of aromatic amines is 1. The molecule has 0 radical (unpaired) electrons. The number of nitrogens with zero attached hydrogens (tertiary/aromatic N) is 5. The summed E-state index contributed by atoms with van der Waals surface area (Å²) in [5.41, 5.74) is 0.975. The van der Waals surface area contributed by atoms with Gasteiger partial charge in [0.05, 0.1) is 22.1 Å². The maximum absolute atomic E-state index is 14.3. The maximum Gasteiger partial charge on any atom is 0.451 e. The smallest absolute Gasteiger partial charge is 0.361 e. The van der Waals surface area contributed by atoms with Crippen LogP contribution >= 0.6 is 11.6 Å². The van der Waals surface area contributed by atoms with Crippen LogP contribution in [-0.4, -0.2) is 29.5 Å². The van der Waals surface area contributed by atoms with Crippen molar-refractivity contribution in [2.45, 2.75) is 19.1 Å². The summed E-state index contributed by atoms with van der Waals surface area (Å²) in [6.07, 6.45) is 0.134. The molecule has 42 heavy (non-hydrogen) atoms. The van der Waals surface area contributed by atoms with Crippen molar-refractivity contribution in [3.8, 4) is 16.8 Å². The molecule has 0 aliphatic heterocycles. The first kappa shape index (κ1) is 27.1. The van der Waals surface area contributed by atoms with Gasteiger partial charge in [0.25, 0.3) is 5.56 Å². The summed E-state index contributed by atoms with van der Waals surface area (Å²) in [6, 6.07) is 14.4. The van der Waals surface area contributed by atoms with Crippen molar-refractivity contribution in [3.63, 3.8) is 0 Å². The van der Waals surface area contributed by atoms with Crippen molar-refractivity contribution in [1.82, 2.24) is 29.5 Å². The first-order valence-electron chi connectivity index (χ1n) is 12.6. The molecule has 1 atom stereocenters. The van der Waals surface area contributed by atoms with Crippen LogP contribution in [0.1, 0.15) is 24.5 Å². The van der Waals surface area contributed by atoms with Crippen LogP contribution in [0.5, 0.6) is 0 Å². The van der Waals surface area contributed by atoms with Gasteiger partial charge in [-0.1, -0.05) is 48.0 Å². The topological polar surface area (TPSA) is 118 Å². The van der Waals surface area contributed by atoms with E-state index in [0.29, 0.717) is 28.0 Å². The van der Waals surface area contributed by atoms with Gasteiger partial charge in [-0.15, -0.1) is 0 Å². The number of halogens is 4. The van der Waals surface area contributed by atoms with Crippen LogP contribution in [0.3, 0.4) is 0 Å². The predicted molar refractivity (Wildman–Crippen MR) is 153 cm³/mol. The lowest BCUT2D eigenvalue weighted by molar-refractivity contribution is -0.144. The Morgan fingerprint density at radius 1 is 0.929 bits per heavy atom. The number of para-hydroxylation sites is 1. The number of rotatable bonds is 5. The Kier molecular flexibility index (Phi) is 6.70. The summed E-state index contributed by atoms with van der Waals surface area (Å²) in [4.78, 5) is 45.2. The molecule has 0 aliphatic rings. The molecule has 0 bridgehead atoms. The molecule has 9 nitrogen and oxygen atoms in total. The lowest BCUT2D eigenvalue weighted by Crippen LogP contribution is -2.27. The van der Waals surface area contributed by atoms with Gasteiger partial charge in [-0.3, -0.25) is 14.2 Å². The quantitative estimate of drug-likeness (QED) is 0.256. The number of alkyl halides is 3. The number of aromatic nitrogens is 6. The lowest BCUT2D eigenvalue weighted by atomic mass is 9.99. The van der Waals surface area contributed by atoms with E-state index in [1.54, 1.807) is 55.5 Å². The molecule has 0 saturated carbocycles. The van der Waals surface area contributed by atoms with E-state index in [1.807, 2.05) is 0 Å². The zero-order chi connectivity index (χ0) is 29.6. The normalized spacial score (nSPS) is 12.5. The minimum Gasteiger partial charge on any atom is -0.361 e. The van der Waals surface area contributed by atoms with Gasteiger partial charge in [-0.05, 0) is 24.6 Å². The third kappa shape index (κ3) is 4.65. The lowest BCUT2D eigenvalue weighted by Gasteiger charge is -2.24. The molecule has 2 aromatic carbocycles. The van der Waals surface area contributed by atoms with Crippen LogP contribution < -0.4 is 16.3 Å². The monoisotopic (exact) mass is 589 g/mol. The first-order chi connectivity index (χ1) is 20.1. The molecule has 0 spiro atoms. The van der Waals surface area contributed by atoms with Crippen LogP contribution in [0.4, 0.5) is 19.0 Å². The number of anilines is 1. The summed E-state index contributed by atoms with van der Waals surface area (Å²) in [5, 5.41) is 4.22. The Morgan fingerprint density at radius 2 is 1.67 bits per heavy atom. The highest BCUT2D eigenvalue weighted by molar-refractivity contribution is 6.36. The molecule has 0 amide bonds. The minimum atomic E-state index is -4.71. The van der Waals surface area contributed by atoms with E-state index >= 15 is 0 Å². The Labute approximate surface area is 239 Å². The number of hydrogen-bond acceptors (Lipinski definition) is 7. The van der Waals surface area contributed by atoms with E-state index in [-0.39, 0.29) is 32.6 Å². The molecule has 13 heteroatoms. The van der Waals surface area contributed by atoms with Gasteiger partial charge in [0.15, 0.2) is 5.43 Å². The van der Waals surface area contributed by atoms with E-state index in [2.05, 4.69) is 30.2 Å². The average molecular weight is 590 g/mol. The van der Waals surface area contributed by atoms with Crippen molar-refractivity contribution in [2.75, 3.05) is 5.32 Å². The molecule has 210 valence electrons. The second kappa shape index (κ2) is 10.4. The summed E-state index contributed by atoms with van der Waals surface area (Å²) in [7, 11) is 0. The Morgan fingerprint density at radius 3 is 2.38 bits per heavy atom. The van der Waals surface area contributed by atoms with Crippen LogP contribution in [0.25, 0.3) is 38.6 Å². The Balaban J connectivity index is 1.58. The summed E-state index contributed by atoms with van der Waals surface area (Å²) in [6.45, 7) is 1.77. The van der Waals surface area contributed by atoms with E-state index in [9.17, 15) is 22.8 Å². The van der Waals surface area contributed by atoms with Crippen LogP contribution in [0, 0.1) is 0 Å². The fourth-order valence-corrected chi connectivity index (χ4v) is 5.29. The molecule has 0 saturated heterocycles. The largest absolute Gasteiger partial charge is 0.451 e. The third-order valence-corrected chi connectivity index (χ3v) is 7.12. The van der Waals surface area contributed by atoms with Crippen molar-refractivity contribution in [1.29, 1.82) is 0 Å². The van der Waals surface area contributed by atoms with Gasteiger partial charge in [-0.25, -0.2) is 19.9 Å². The van der Waals surface area contributed by atoms with E-state index in [0.717, 1.165) is 12.4 Å². The Hall–Kier alpha value is -5.10. The Bertz CT molecular complexity index is 2070. The van der Waals surface area contributed by atoms with E-state index in [1.165, 1.54) is 23.2 Å². The SMILES string of the molecule is C[C@H](Nc1ncnc2[nH]ccc(=O)c12)c1c(Cl)c2cccc(-c3cnc(C(F)(F)F)nc3)c2c(=O)n1-c1ccccc1. The van der Waals surface area contributed by atoms with Gasteiger partial charge >= 0.3 is 6.18 Å². The van der Waals surface area contributed by atoms with Gasteiger partial charge < -0.3 is 10.3 Å². The van der Waals surface area contributed by atoms with E-state index in [4.69, 9.17) is 11.6 Å². The summed E-state index contributed by atoms with van der Waals surface area (Å²) >= 11 is 7.04. The fourth-order valence-electron chi connectivity index (χ4n) is 4.89. The van der Waals surface area contributed by atoms with Crippen LogP contribution in [-0.2, 0) is 6.18 Å². The zero-order valence-electron chi connectivity index (χ0n) is 21.6. The number of benzene rings is 2. The second-order valence-corrected chi connectivity index (χ2v) is 9.73. The second-order valence-electron chi connectivity index (χ2n) is 9.35. The number of nitrogens with one attached hydrogen (secondary N) is 2. The molecule has 0 fully saturated rings. The molecular formula is C29H19ClF3N7O2. The van der Waals surface area contributed by atoms with Gasteiger partial charge in [0.2, 0.25) is 5.82 Å². The molecular weight excluding hydrogens is 571 g/mol. The maximum atomic E-state index is 14.3. The fraction of sp³-hybridized carbons (Fsp3) is 0.103. The zero-order valence-corrected chi connectivity index (χ0v) is 22.4. The highest BCUT2D eigenvalue weighted by Crippen LogP contribution is 2.36. The molecule has 6 aromatic rings. The highest BCUT2D eigenvalue weighted by atomic mass is 35.5. The van der Waals surface area contributed by atoms with Gasteiger partial charge in [0, 0.05) is 41.3 Å². The van der Waals surface area contributed by atoms with Crippen molar-refractivity contribution in [3.05, 3.63) is 117 Å². The van der Waals surface area contributed by atoms with Crippen LogP contribution in [0.2, 0.25) is 5.02 Å². The van der Waals surface area contributed by atoms with Crippen molar-refractivity contribution >= 4 is 39.2 Å². The number of pyridine rings is 2. The van der Waals surface area contributed by atoms with Crippen molar-refractivity contribution < 1.29 is 13.2 Å². The van der Waals surface area contributed by atoms with Crippen LogP contribution in [0.15, 0.2) is 89.1 Å². The minimum absolute atomic E-state index is 0.176. The van der Waals surface area contributed by atoms with Gasteiger partial charge in [-0.2, -0.15) is 13.2 Å². The molecule has 4 heterocycles. The molecule has 2 N–H and O–H groups in total. The molecule has 0 unspecified atom stereocenters. The standard InChI is InChI=1S/C29H19ClF3N7O2/c1-15(39-26-22-20(41)10-11-34-25(22)37-14-38-26)24-23(30)19-9-5-8-18(16-12-35-28(36-13-16)29(31,32)33)21(19)27(42)40(24)17-6-3-2-4-7-17/h2-15H,1H3,(H2,34,37,38,39,41)/t15-/m0/s1. The molecule has 4 aromatic heterocycles. The molecule has 0 aliphatic carbocycles. The summed E-state index contributed by atoms with van der Waals surface area (Å²) < 4.78 is 40.7. The average Bonchev–Trinajstić information content (AvgIpc) is 2.98. The number of hydrogen-bond donors (Lipinski definition) is 2. The number of H-pyrrole nitrogens is 1. The highest BCUT2D eigenvalue weighted by Gasteiger charge is 2.34.